The fourth-order valence-corrected chi connectivity index (χ4v) is 3.88. The fraction of sp³-hybridized carbons (Fsp3) is 0.600. The molecule has 0 atom stereocenters. The van der Waals surface area contributed by atoms with Crippen molar-refractivity contribution in [2.45, 2.75) is 96.8 Å². The smallest absolute Gasteiger partial charge is 0.224 e. The highest BCUT2D eigenvalue weighted by Crippen LogP contribution is 2.18. The van der Waals surface area contributed by atoms with Crippen LogP contribution in [0.3, 0.4) is 0 Å². The lowest BCUT2D eigenvalue weighted by molar-refractivity contribution is -0.116. The van der Waals surface area contributed by atoms with Gasteiger partial charge in [-0.2, -0.15) is 0 Å². The number of para-hydroxylation sites is 1. The van der Waals surface area contributed by atoms with E-state index in [9.17, 15) is 9.59 Å². The van der Waals surface area contributed by atoms with Crippen molar-refractivity contribution in [3.8, 4) is 0 Å². The van der Waals surface area contributed by atoms with E-state index in [0.29, 0.717) is 17.3 Å². The fourth-order valence-electron chi connectivity index (χ4n) is 3.88. The molecule has 4 N–H and O–H groups in total. The third kappa shape index (κ3) is 8.21. The molecule has 0 saturated carbocycles. The van der Waals surface area contributed by atoms with Gasteiger partial charge in [-0.1, -0.05) is 96.1 Å². The van der Waals surface area contributed by atoms with Gasteiger partial charge in [0.15, 0.2) is 0 Å². The number of rotatable bonds is 15. The van der Waals surface area contributed by atoms with Gasteiger partial charge >= 0.3 is 0 Å². The Morgan fingerprint density at radius 1 is 0.867 bits per heavy atom. The van der Waals surface area contributed by atoms with Gasteiger partial charge in [-0.25, -0.2) is 0 Å². The maximum atomic E-state index is 12.6. The maximum absolute atomic E-state index is 12.6. The first-order valence-corrected chi connectivity index (χ1v) is 11.8. The zero-order valence-corrected chi connectivity index (χ0v) is 18.6. The number of nitrogens with one attached hydrogen (secondary N) is 2. The minimum Gasteiger partial charge on any atom is -0.383 e. The molecular formula is C25H39N3O2. The summed E-state index contributed by atoms with van der Waals surface area (Å²) in [6, 6.07) is 7.17. The van der Waals surface area contributed by atoms with Gasteiger partial charge in [0.2, 0.25) is 11.3 Å². The van der Waals surface area contributed by atoms with Gasteiger partial charge in [0.05, 0.1) is 5.52 Å². The zero-order chi connectivity index (χ0) is 21.6. The summed E-state index contributed by atoms with van der Waals surface area (Å²) in [6.07, 6.45) is 17.0. The number of nitrogen functional groups attached to an aromatic ring is 1. The molecule has 2 aromatic rings. The molecule has 1 heterocycles. The van der Waals surface area contributed by atoms with E-state index in [1.165, 1.54) is 70.6 Å². The highest BCUT2D eigenvalue weighted by molar-refractivity contribution is 5.96. The third-order valence-electron chi connectivity index (χ3n) is 5.71. The molecular weight excluding hydrogens is 374 g/mol. The van der Waals surface area contributed by atoms with Crippen LogP contribution < -0.4 is 16.5 Å². The number of hydrogen-bond donors (Lipinski definition) is 3. The van der Waals surface area contributed by atoms with Crippen molar-refractivity contribution in [3.63, 3.8) is 0 Å². The molecule has 0 aliphatic rings. The molecule has 1 aromatic carbocycles. The van der Waals surface area contributed by atoms with Crippen molar-refractivity contribution in [3.05, 3.63) is 34.5 Å². The van der Waals surface area contributed by atoms with Crippen molar-refractivity contribution in [2.24, 2.45) is 0 Å². The number of nitrogens with two attached hydrogens (primary N) is 1. The predicted molar refractivity (Wildman–Crippen MR) is 128 cm³/mol. The summed E-state index contributed by atoms with van der Waals surface area (Å²) in [7, 11) is 0. The lowest BCUT2D eigenvalue weighted by atomic mass is 10.0. The van der Waals surface area contributed by atoms with Crippen LogP contribution >= 0.6 is 0 Å². The number of hydrogen-bond acceptors (Lipinski definition) is 3. The molecule has 2 rings (SSSR count). The van der Waals surface area contributed by atoms with Crippen molar-refractivity contribution < 1.29 is 4.79 Å². The summed E-state index contributed by atoms with van der Waals surface area (Å²) < 4.78 is 0. The van der Waals surface area contributed by atoms with Gasteiger partial charge in [-0.15, -0.1) is 0 Å². The van der Waals surface area contributed by atoms with E-state index in [1.54, 1.807) is 18.2 Å². The molecule has 0 bridgehead atoms. The summed E-state index contributed by atoms with van der Waals surface area (Å²) in [6.45, 7) is 2.26. The minimum atomic E-state index is -0.236. The Morgan fingerprint density at radius 3 is 2.00 bits per heavy atom. The van der Waals surface area contributed by atoms with Crippen LogP contribution in [0.5, 0.6) is 0 Å². The van der Waals surface area contributed by atoms with E-state index in [1.807, 2.05) is 6.07 Å². The first-order valence-electron chi connectivity index (χ1n) is 11.8. The molecule has 0 radical (unpaired) electrons. The lowest BCUT2D eigenvalue weighted by Crippen LogP contribution is -2.20. The van der Waals surface area contributed by atoms with Crippen LogP contribution in [0, 0.1) is 0 Å². The van der Waals surface area contributed by atoms with E-state index < -0.39 is 0 Å². The van der Waals surface area contributed by atoms with Crippen LogP contribution in [0.15, 0.2) is 29.1 Å². The maximum Gasteiger partial charge on any atom is 0.224 e. The van der Waals surface area contributed by atoms with Gasteiger partial charge in [0.1, 0.15) is 11.5 Å². The quantitative estimate of drug-likeness (QED) is 0.290. The largest absolute Gasteiger partial charge is 0.383 e. The van der Waals surface area contributed by atoms with Gasteiger partial charge < -0.3 is 16.0 Å². The number of carbonyl (C=O) groups excluding carboxylic acids is 1. The number of H-pyrrole nitrogens is 1. The van der Waals surface area contributed by atoms with Crippen LogP contribution in [-0.2, 0) is 4.79 Å². The Kier molecular flexibility index (Phi) is 11.1. The number of aromatic amines is 1. The first-order chi connectivity index (χ1) is 14.6. The van der Waals surface area contributed by atoms with Crippen LogP contribution in [0.1, 0.15) is 96.8 Å². The molecule has 5 nitrogen and oxygen atoms in total. The summed E-state index contributed by atoms with van der Waals surface area (Å²) >= 11 is 0. The second-order valence-corrected chi connectivity index (χ2v) is 8.33. The topological polar surface area (TPSA) is 88.0 Å². The zero-order valence-electron chi connectivity index (χ0n) is 18.6. The molecule has 0 aliphatic heterocycles. The molecule has 30 heavy (non-hydrogen) atoms. The van der Waals surface area contributed by atoms with Gasteiger partial charge in [0, 0.05) is 11.8 Å². The lowest BCUT2D eigenvalue weighted by Gasteiger charge is -2.09. The van der Waals surface area contributed by atoms with Gasteiger partial charge in [-0.05, 0) is 18.6 Å². The number of unbranched alkanes of at least 4 members (excludes halogenated alkanes) is 12. The monoisotopic (exact) mass is 413 g/mol. The van der Waals surface area contributed by atoms with E-state index in [-0.39, 0.29) is 22.8 Å². The van der Waals surface area contributed by atoms with E-state index >= 15 is 0 Å². The van der Waals surface area contributed by atoms with Crippen LogP contribution in [0.2, 0.25) is 0 Å². The number of aromatic nitrogens is 1. The summed E-state index contributed by atoms with van der Waals surface area (Å²) in [5, 5.41) is 3.24. The minimum absolute atomic E-state index is 0.148. The number of amides is 1. The molecule has 0 unspecified atom stereocenters. The van der Waals surface area contributed by atoms with Gasteiger partial charge in [-0.3, -0.25) is 9.59 Å². The van der Waals surface area contributed by atoms with Crippen LogP contribution in [-0.4, -0.2) is 10.9 Å². The van der Waals surface area contributed by atoms with Crippen molar-refractivity contribution in [1.29, 1.82) is 0 Å². The standard InChI is InChI=1S/C25H39N3O2/c1-2-3-4-5-6-7-8-9-10-11-12-13-14-19-22(29)28-23-24(30)20-17-15-16-18-21(20)27-25(23)26/h15-18H,2-14,19H2,1H3,(H,28,29)(H3,26,27,30). The van der Waals surface area contributed by atoms with E-state index in [4.69, 9.17) is 5.73 Å². The number of anilines is 2. The second kappa shape index (κ2) is 13.8. The number of fused-ring (bicyclic) bond motifs is 1. The molecule has 1 amide bonds. The molecule has 0 spiro atoms. The summed E-state index contributed by atoms with van der Waals surface area (Å²) in [5.74, 6) is 0.0583. The van der Waals surface area contributed by atoms with Crippen LogP contribution in [0.25, 0.3) is 10.9 Å². The predicted octanol–water partition coefficient (Wildman–Crippen LogP) is 6.53. The SMILES string of the molecule is CCCCCCCCCCCCCCCC(=O)Nc1c(N)[nH]c2ccccc2c1=O. The van der Waals surface area contributed by atoms with E-state index in [2.05, 4.69) is 17.2 Å². The summed E-state index contributed by atoms with van der Waals surface area (Å²) in [5.41, 5.74) is 6.54. The Labute approximate surface area is 180 Å². The summed E-state index contributed by atoms with van der Waals surface area (Å²) in [4.78, 5) is 27.8. The Bertz CT molecular complexity index is 829. The average Bonchev–Trinajstić information content (AvgIpc) is 2.74. The molecule has 0 fully saturated rings. The molecule has 5 heteroatoms. The Hall–Kier alpha value is -2.30. The van der Waals surface area contributed by atoms with Gasteiger partial charge in [0.25, 0.3) is 0 Å². The first kappa shape index (κ1) is 24.0. The van der Waals surface area contributed by atoms with E-state index in [0.717, 1.165) is 12.8 Å². The molecule has 1 aromatic heterocycles. The molecule has 0 saturated heterocycles. The van der Waals surface area contributed by atoms with Crippen molar-refractivity contribution in [1.82, 2.24) is 4.98 Å². The van der Waals surface area contributed by atoms with Crippen molar-refractivity contribution in [2.75, 3.05) is 11.1 Å². The second-order valence-electron chi connectivity index (χ2n) is 8.33. The highest BCUT2D eigenvalue weighted by Gasteiger charge is 2.12. The number of benzene rings is 1. The Balaban J connectivity index is 1.56. The number of carbonyl (C=O) groups is 1. The molecule has 0 aliphatic carbocycles. The molecule has 166 valence electrons. The number of pyridine rings is 1. The average molecular weight is 414 g/mol. The Morgan fingerprint density at radius 2 is 1.40 bits per heavy atom. The normalized spacial score (nSPS) is 11.1. The third-order valence-corrected chi connectivity index (χ3v) is 5.71. The van der Waals surface area contributed by atoms with Crippen molar-refractivity contribution >= 4 is 28.3 Å². The highest BCUT2D eigenvalue weighted by atomic mass is 16.2. The van der Waals surface area contributed by atoms with Crippen LogP contribution in [0.4, 0.5) is 11.5 Å².